The molecule has 0 aliphatic heterocycles. The van der Waals surface area contributed by atoms with E-state index in [4.69, 9.17) is 46.4 Å². The number of halogens is 5. The van der Waals surface area contributed by atoms with Gasteiger partial charge in [0.25, 0.3) is 5.91 Å². The van der Waals surface area contributed by atoms with E-state index in [0.717, 1.165) is 11.1 Å². The molecule has 9 heteroatoms. The van der Waals surface area contributed by atoms with Crippen molar-refractivity contribution in [1.82, 2.24) is 0 Å². The van der Waals surface area contributed by atoms with Crippen molar-refractivity contribution in [1.29, 1.82) is 0 Å². The molecule has 0 saturated heterocycles. The lowest BCUT2D eigenvalue weighted by Crippen LogP contribution is -2.18. The molecule has 170 valence electrons. The molecule has 2 amide bonds. The molecule has 1 saturated carbocycles. The molecule has 1 fully saturated rings. The first kappa shape index (κ1) is 23.8. The van der Waals surface area contributed by atoms with Crippen LogP contribution in [0.3, 0.4) is 0 Å². The van der Waals surface area contributed by atoms with Gasteiger partial charge in [-0.3, -0.25) is 9.59 Å². The van der Waals surface area contributed by atoms with E-state index in [1.54, 1.807) is 18.2 Å². The van der Waals surface area contributed by atoms with E-state index in [0.29, 0.717) is 16.4 Å². The van der Waals surface area contributed by atoms with Gasteiger partial charge in [-0.15, -0.1) is 23.2 Å². The number of nitrogens with one attached hydrogen (secondary N) is 2. The number of benzene rings is 3. The standard InChI is InChI=1S/C24H17Cl4FN2O2/c1-12-8-13(10-14(25)9-12)20-21(24(20,27)28)23(33)31-17-6-7-19(26)18(11-17)22(32)30-16-4-2-15(29)3-5-16/h2-11,20-21H,1H3,(H,30,32)(H,31,33). The number of amides is 2. The molecule has 0 spiro atoms. The Bertz CT molecular complexity index is 1230. The highest BCUT2D eigenvalue weighted by atomic mass is 35.5. The van der Waals surface area contributed by atoms with E-state index in [1.807, 2.05) is 13.0 Å². The number of hydrogen-bond donors (Lipinski definition) is 2. The first-order valence-electron chi connectivity index (χ1n) is 9.88. The summed E-state index contributed by atoms with van der Waals surface area (Å²) in [5, 5.41) is 6.12. The molecule has 0 bridgehead atoms. The van der Waals surface area contributed by atoms with Crippen LogP contribution in [0.5, 0.6) is 0 Å². The Morgan fingerprint density at radius 3 is 2.24 bits per heavy atom. The maximum absolute atomic E-state index is 13.1. The van der Waals surface area contributed by atoms with Crippen LogP contribution < -0.4 is 10.6 Å². The Morgan fingerprint density at radius 1 is 0.909 bits per heavy atom. The lowest BCUT2D eigenvalue weighted by Gasteiger charge is -2.10. The van der Waals surface area contributed by atoms with Crippen molar-refractivity contribution in [3.8, 4) is 0 Å². The van der Waals surface area contributed by atoms with Crippen molar-refractivity contribution in [2.75, 3.05) is 10.6 Å². The minimum absolute atomic E-state index is 0.139. The first-order valence-corrected chi connectivity index (χ1v) is 11.4. The highest BCUT2D eigenvalue weighted by Gasteiger charge is 2.67. The molecule has 4 nitrogen and oxygen atoms in total. The van der Waals surface area contributed by atoms with Crippen LogP contribution >= 0.6 is 46.4 Å². The summed E-state index contributed by atoms with van der Waals surface area (Å²) in [6.07, 6.45) is 0. The molecule has 4 rings (SSSR count). The summed E-state index contributed by atoms with van der Waals surface area (Å²) in [5.74, 6) is -2.45. The van der Waals surface area contributed by atoms with Crippen LogP contribution in [0.1, 0.15) is 27.4 Å². The predicted octanol–water partition coefficient (Wildman–Crippen LogP) is 7.22. The number of alkyl halides is 2. The molecule has 1 aliphatic carbocycles. The van der Waals surface area contributed by atoms with Gasteiger partial charge in [-0.25, -0.2) is 4.39 Å². The highest BCUT2D eigenvalue weighted by molar-refractivity contribution is 6.53. The van der Waals surface area contributed by atoms with Gasteiger partial charge in [-0.1, -0.05) is 29.3 Å². The third-order valence-corrected chi connectivity index (χ3v) is 6.83. The third-order valence-electron chi connectivity index (χ3n) is 5.34. The normalized spacial score (nSPS) is 18.5. The van der Waals surface area contributed by atoms with Crippen LogP contribution in [0.2, 0.25) is 10.0 Å². The van der Waals surface area contributed by atoms with Gasteiger partial charge in [0.1, 0.15) is 10.2 Å². The molecule has 3 aromatic carbocycles. The summed E-state index contributed by atoms with van der Waals surface area (Å²) < 4.78 is 11.8. The molecule has 0 aromatic heterocycles. The Balaban J connectivity index is 1.50. The van der Waals surface area contributed by atoms with Crippen molar-refractivity contribution in [3.63, 3.8) is 0 Å². The van der Waals surface area contributed by atoms with Gasteiger partial charge in [0.05, 0.1) is 16.5 Å². The van der Waals surface area contributed by atoms with E-state index >= 15 is 0 Å². The van der Waals surface area contributed by atoms with Gasteiger partial charge in [0, 0.05) is 22.3 Å². The second-order valence-corrected chi connectivity index (χ2v) is 10.1. The highest BCUT2D eigenvalue weighted by Crippen LogP contribution is 2.65. The van der Waals surface area contributed by atoms with Crippen LogP contribution in [0.15, 0.2) is 60.7 Å². The topological polar surface area (TPSA) is 58.2 Å². The number of aryl methyl sites for hydroxylation is 1. The molecule has 33 heavy (non-hydrogen) atoms. The zero-order chi connectivity index (χ0) is 23.9. The van der Waals surface area contributed by atoms with Gasteiger partial charge in [-0.2, -0.15) is 0 Å². The number of rotatable bonds is 5. The smallest absolute Gasteiger partial charge is 0.257 e. The first-order chi connectivity index (χ1) is 15.6. The quantitative estimate of drug-likeness (QED) is 0.345. The summed E-state index contributed by atoms with van der Waals surface area (Å²) >= 11 is 25.2. The second kappa shape index (κ2) is 9.15. The maximum atomic E-state index is 13.1. The lowest BCUT2D eigenvalue weighted by atomic mass is 10.1. The summed E-state index contributed by atoms with van der Waals surface area (Å²) in [6.45, 7) is 1.89. The number of hydrogen-bond acceptors (Lipinski definition) is 2. The van der Waals surface area contributed by atoms with Crippen molar-refractivity contribution >= 4 is 69.6 Å². The van der Waals surface area contributed by atoms with Crippen LogP contribution in [-0.2, 0) is 4.79 Å². The molecular weight excluding hydrogens is 509 g/mol. The van der Waals surface area contributed by atoms with Crippen molar-refractivity contribution < 1.29 is 14.0 Å². The van der Waals surface area contributed by atoms with Crippen molar-refractivity contribution in [2.45, 2.75) is 17.2 Å². The minimum atomic E-state index is -1.28. The number of anilines is 2. The summed E-state index contributed by atoms with van der Waals surface area (Å²) in [6, 6.07) is 15.3. The molecule has 1 aliphatic rings. The van der Waals surface area contributed by atoms with E-state index in [-0.39, 0.29) is 10.6 Å². The SMILES string of the molecule is Cc1cc(Cl)cc(C2C(C(=O)Nc3ccc(Cl)c(C(=O)Nc4ccc(F)cc4)c3)C2(Cl)Cl)c1. The third kappa shape index (κ3) is 5.12. The fraction of sp³-hybridized carbons (Fsp3) is 0.167. The zero-order valence-electron chi connectivity index (χ0n) is 17.1. The maximum Gasteiger partial charge on any atom is 0.257 e. The average Bonchev–Trinajstić information content (AvgIpc) is 3.32. The molecule has 0 radical (unpaired) electrons. The minimum Gasteiger partial charge on any atom is -0.326 e. The van der Waals surface area contributed by atoms with Crippen LogP contribution in [-0.4, -0.2) is 16.1 Å². The molecule has 2 atom stereocenters. The van der Waals surface area contributed by atoms with E-state index in [9.17, 15) is 14.0 Å². The van der Waals surface area contributed by atoms with Crippen molar-refractivity contribution in [3.05, 3.63) is 93.2 Å². The van der Waals surface area contributed by atoms with Gasteiger partial charge < -0.3 is 10.6 Å². The fourth-order valence-corrected chi connectivity index (χ4v) is 5.07. The van der Waals surface area contributed by atoms with Gasteiger partial charge >= 0.3 is 0 Å². The summed E-state index contributed by atoms with van der Waals surface area (Å²) in [7, 11) is 0. The fourth-order valence-electron chi connectivity index (χ4n) is 3.74. The molecular formula is C24H17Cl4FN2O2. The van der Waals surface area contributed by atoms with Crippen LogP contribution in [0.25, 0.3) is 0 Å². The van der Waals surface area contributed by atoms with Gasteiger partial charge in [0.15, 0.2) is 0 Å². The van der Waals surface area contributed by atoms with E-state index in [1.165, 1.54) is 36.4 Å². The molecule has 2 unspecified atom stereocenters. The van der Waals surface area contributed by atoms with Gasteiger partial charge in [0.2, 0.25) is 5.91 Å². The van der Waals surface area contributed by atoms with Crippen LogP contribution in [0.4, 0.5) is 15.8 Å². The summed E-state index contributed by atoms with van der Waals surface area (Å²) in [4.78, 5) is 25.6. The second-order valence-electron chi connectivity index (χ2n) is 7.84. The predicted molar refractivity (Wildman–Crippen MR) is 131 cm³/mol. The monoisotopic (exact) mass is 524 g/mol. The van der Waals surface area contributed by atoms with Gasteiger partial charge in [-0.05, 0) is 72.6 Å². The average molecular weight is 526 g/mol. The Hall–Kier alpha value is -2.31. The Kier molecular flexibility index (Phi) is 6.61. The molecule has 3 aromatic rings. The van der Waals surface area contributed by atoms with E-state index < -0.39 is 33.8 Å². The number of carbonyl (C=O) groups is 2. The molecule has 0 heterocycles. The number of carbonyl (C=O) groups excluding carboxylic acids is 2. The zero-order valence-corrected chi connectivity index (χ0v) is 20.2. The Morgan fingerprint density at radius 2 is 1.58 bits per heavy atom. The van der Waals surface area contributed by atoms with Crippen LogP contribution in [0, 0.1) is 18.7 Å². The lowest BCUT2D eigenvalue weighted by molar-refractivity contribution is -0.117. The summed E-state index contributed by atoms with van der Waals surface area (Å²) in [5.41, 5.74) is 2.60. The molecule has 2 N–H and O–H groups in total. The largest absolute Gasteiger partial charge is 0.326 e. The van der Waals surface area contributed by atoms with E-state index in [2.05, 4.69) is 10.6 Å². The van der Waals surface area contributed by atoms with Crippen molar-refractivity contribution in [2.24, 2.45) is 5.92 Å². The Labute approximate surface area is 210 Å².